The molecule has 2 N–H and O–H groups in total. The Kier molecular flexibility index (Phi) is 6.36. The second-order valence-electron chi connectivity index (χ2n) is 8.10. The van der Waals surface area contributed by atoms with E-state index in [1.54, 1.807) is 4.90 Å². The number of morpholine rings is 1. The van der Waals surface area contributed by atoms with E-state index in [9.17, 15) is 9.59 Å². The Hall–Kier alpha value is -2.42. The normalized spacial score (nSPS) is 19.3. The van der Waals surface area contributed by atoms with Crippen LogP contribution in [-0.4, -0.2) is 59.2 Å². The fourth-order valence-corrected chi connectivity index (χ4v) is 4.36. The molecule has 8 nitrogen and oxygen atoms in total. The van der Waals surface area contributed by atoms with Crippen LogP contribution < -0.4 is 20.2 Å². The highest BCUT2D eigenvalue weighted by molar-refractivity contribution is 5.87. The zero-order chi connectivity index (χ0) is 21.1. The summed E-state index contributed by atoms with van der Waals surface area (Å²) in [5, 5.41) is 0.842. The van der Waals surface area contributed by atoms with E-state index < -0.39 is 11.6 Å². The van der Waals surface area contributed by atoms with E-state index in [-0.39, 0.29) is 6.42 Å². The largest absolute Gasteiger partial charge is 0.469 e. The van der Waals surface area contributed by atoms with Gasteiger partial charge in [-0.3, -0.25) is 9.69 Å². The standard InChI is InChI=1S/C22H28N2O6/c1-15-16-4-5-19-18(21(16)30-22(26)17(15)12-20(25)27-2)13-24(14-29-19)7-3-6-23-8-10-28-11-9-23/h4-5H,3,6-14H2,1-2H3/p+2. The molecule has 30 heavy (non-hydrogen) atoms. The Labute approximate surface area is 175 Å². The molecule has 2 aromatic rings. The van der Waals surface area contributed by atoms with Crippen molar-refractivity contribution in [3.63, 3.8) is 0 Å². The third kappa shape index (κ3) is 4.35. The lowest BCUT2D eigenvalue weighted by Gasteiger charge is -2.28. The van der Waals surface area contributed by atoms with Crippen LogP contribution >= 0.6 is 0 Å². The van der Waals surface area contributed by atoms with E-state index in [0.29, 0.717) is 17.9 Å². The Morgan fingerprint density at radius 2 is 1.93 bits per heavy atom. The first-order valence-corrected chi connectivity index (χ1v) is 10.6. The molecule has 2 aliphatic heterocycles. The lowest BCUT2D eigenvalue weighted by atomic mass is 10.0. The predicted molar refractivity (Wildman–Crippen MR) is 109 cm³/mol. The number of carbonyl (C=O) groups excluding carboxylic acids is 1. The van der Waals surface area contributed by atoms with Crippen molar-refractivity contribution in [1.29, 1.82) is 0 Å². The number of methoxy groups -OCH3 is 1. The summed E-state index contributed by atoms with van der Waals surface area (Å²) < 4.78 is 21.8. The van der Waals surface area contributed by atoms with Crippen LogP contribution in [0.3, 0.4) is 0 Å². The van der Waals surface area contributed by atoms with Gasteiger partial charge >= 0.3 is 11.6 Å². The third-order valence-electron chi connectivity index (χ3n) is 6.18. The number of esters is 1. The van der Waals surface area contributed by atoms with Crippen LogP contribution in [0.25, 0.3) is 11.0 Å². The fraction of sp³-hybridized carbons (Fsp3) is 0.545. The van der Waals surface area contributed by atoms with Gasteiger partial charge in [-0.1, -0.05) is 0 Å². The second-order valence-corrected chi connectivity index (χ2v) is 8.10. The molecule has 162 valence electrons. The van der Waals surface area contributed by atoms with Gasteiger partial charge in [0.15, 0.2) is 5.58 Å². The third-order valence-corrected chi connectivity index (χ3v) is 6.18. The fourth-order valence-electron chi connectivity index (χ4n) is 4.36. The van der Waals surface area contributed by atoms with Crippen molar-refractivity contribution >= 4 is 16.9 Å². The van der Waals surface area contributed by atoms with E-state index in [2.05, 4.69) is 0 Å². The number of carbonyl (C=O) groups is 1. The van der Waals surface area contributed by atoms with E-state index in [1.165, 1.54) is 12.0 Å². The number of hydrogen-bond donors (Lipinski definition) is 2. The van der Waals surface area contributed by atoms with Crippen molar-refractivity contribution in [3.05, 3.63) is 39.2 Å². The van der Waals surface area contributed by atoms with Crippen LogP contribution in [0.5, 0.6) is 5.75 Å². The topological polar surface area (TPSA) is 83.9 Å². The lowest BCUT2D eigenvalue weighted by Crippen LogP contribution is -3.16. The Morgan fingerprint density at radius 1 is 1.17 bits per heavy atom. The summed E-state index contributed by atoms with van der Waals surface area (Å²) in [5.74, 6) is 0.317. The monoisotopic (exact) mass is 418 g/mol. The van der Waals surface area contributed by atoms with Gasteiger partial charge in [0.2, 0.25) is 6.73 Å². The molecular formula is C22H30N2O6+2. The first-order valence-electron chi connectivity index (χ1n) is 10.6. The molecule has 8 heteroatoms. The summed E-state index contributed by atoms with van der Waals surface area (Å²) in [6, 6.07) is 3.83. The lowest BCUT2D eigenvalue weighted by molar-refractivity contribution is -0.942. The highest BCUT2D eigenvalue weighted by atomic mass is 16.5. The molecule has 0 saturated carbocycles. The molecule has 1 atom stereocenters. The van der Waals surface area contributed by atoms with Crippen molar-refractivity contribution in [3.8, 4) is 5.75 Å². The first kappa shape index (κ1) is 20.8. The van der Waals surface area contributed by atoms with Gasteiger partial charge in [-0.25, -0.2) is 4.79 Å². The molecule has 4 rings (SSSR count). The summed E-state index contributed by atoms with van der Waals surface area (Å²) in [7, 11) is 1.31. The number of aryl methyl sites for hydroxylation is 1. The van der Waals surface area contributed by atoms with Crippen molar-refractivity contribution in [1.82, 2.24) is 0 Å². The number of hydrogen-bond acceptors (Lipinski definition) is 6. The summed E-state index contributed by atoms with van der Waals surface area (Å²) in [6.07, 6.45) is 1.02. The molecule has 3 heterocycles. The van der Waals surface area contributed by atoms with Gasteiger partial charge in [-0.05, 0) is 24.6 Å². The number of quaternary nitrogens is 2. The van der Waals surface area contributed by atoms with Gasteiger partial charge in [-0.2, -0.15) is 0 Å². The molecule has 0 amide bonds. The zero-order valence-electron chi connectivity index (χ0n) is 17.7. The zero-order valence-corrected chi connectivity index (χ0v) is 17.7. The first-order chi connectivity index (χ1) is 14.6. The molecule has 1 aromatic carbocycles. The second kappa shape index (κ2) is 9.16. The van der Waals surface area contributed by atoms with E-state index in [1.807, 2.05) is 19.1 Å². The molecule has 1 saturated heterocycles. The number of benzene rings is 1. The van der Waals surface area contributed by atoms with E-state index in [4.69, 9.17) is 18.6 Å². The number of rotatable bonds is 6. The maximum absolute atomic E-state index is 12.6. The molecule has 1 fully saturated rings. The Morgan fingerprint density at radius 3 is 2.70 bits per heavy atom. The molecular weight excluding hydrogens is 388 g/mol. The smallest absolute Gasteiger partial charge is 0.340 e. The summed E-state index contributed by atoms with van der Waals surface area (Å²) in [5.41, 5.74) is 2.12. The van der Waals surface area contributed by atoms with Crippen LogP contribution in [-0.2, 0) is 27.2 Å². The van der Waals surface area contributed by atoms with Crippen molar-refractivity contribution in [2.45, 2.75) is 26.3 Å². The average molecular weight is 418 g/mol. The Balaban J connectivity index is 1.52. The quantitative estimate of drug-likeness (QED) is 0.456. The number of fused-ring (bicyclic) bond motifs is 3. The minimum absolute atomic E-state index is 0.0879. The van der Waals surface area contributed by atoms with Crippen LogP contribution in [0.15, 0.2) is 21.3 Å². The van der Waals surface area contributed by atoms with Crippen LogP contribution in [0, 0.1) is 6.92 Å². The van der Waals surface area contributed by atoms with Gasteiger partial charge in [0.05, 0.1) is 51.0 Å². The number of nitrogens with one attached hydrogen (secondary N) is 2. The maximum atomic E-state index is 12.6. The van der Waals surface area contributed by atoms with Gasteiger partial charge in [0, 0.05) is 11.8 Å². The molecule has 0 spiro atoms. The highest BCUT2D eigenvalue weighted by Gasteiger charge is 2.26. The van der Waals surface area contributed by atoms with Gasteiger partial charge < -0.3 is 23.5 Å². The van der Waals surface area contributed by atoms with Gasteiger partial charge in [-0.15, -0.1) is 0 Å². The molecule has 1 aromatic heterocycles. The predicted octanol–water partition coefficient (Wildman–Crippen LogP) is -1.14. The van der Waals surface area contributed by atoms with Gasteiger partial charge in [0.25, 0.3) is 0 Å². The van der Waals surface area contributed by atoms with Crippen LogP contribution in [0.1, 0.15) is 23.1 Å². The molecule has 1 unspecified atom stereocenters. The van der Waals surface area contributed by atoms with Crippen LogP contribution in [0.2, 0.25) is 0 Å². The van der Waals surface area contributed by atoms with E-state index >= 15 is 0 Å². The van der Waals surface area contributed by atoms with E-state index in [0.717, 1.165) is 74.6 Å². The SMILES string of the molecule is COC(=O)Cc1c(C)c2ccc3c(c2oc1=O)C[NH+](CCC[NH+]1CCOCC1)CO3. The number of ether oxygens (including phenoxy) is 3. The molecule has 0 radical (unpaired) electrons. The van der Waals surface area contributed by atoms with Gasteiger partial charge in [0.1, 0.15) is 25.4 Å². The summed E-state index contributed by atoms with van der Waals surface area (Å²) in [4.78, 5) is 27.2. The minimum Gasteiger partial charge on any atom is -0.469 e. The minimum atomic E-state index is -0.484. The molecule has 2 aliphatic rings. The Bertz CT molecular complexity index is 980. The molecule has 0 bridgehead atoms. The summed E-state index contributed by atoms with van der Waals surface area (Å²) in [6.45, 7) is 9.22. The maximum Gasteiger partial charge on any atom is 0.340 e. The summed E-state index contributed by atoms with van der Waals surface area (Å²) >= 11 is 0. The average Bonchev–Trinajstić information content (AvgIpc) is 2.77. The van der Waals surface area contributed by atoms with Crippen molar-refractivity contribution < 1.29 is 33.2 Å². The van der Waals surface area contributed by atoms with Crippen molar-refractivity contribution in [2.75, 3.05) is 53.2 Å². The van der Waals surface area contributed by atoms with Crippen LogP contribution in [0.4, 0.5) is 0 Å². The highest BCUT2D eigenvalue weighted by Crippen LogP contribution is 2.30. The van der Waals surface area contributed by atoms with Crippen molar-refractivity contribution in [2.24, 2.45) is 0 Å². The molecule has 0 aliphatic carbocycles.